The maximum absolute atomic E-state index is 12.4. The molecule has 0 radical (unpaired) electrons. The fourth-order valence-electron chi connectivity index (χ4n) is 2.27. The topological polar surface area (TPSA) is 95.6 Å². The van der Waals surface area contributed by atoms with E-state index in [9.17, 15) is 8.42 Å². The maximum Gasteiger partial charge on any atom is 0.171 e. The highest BCUT2D eigenvalue weighted by Gasteiger charge is 2.18. The third-order valence-electron chi connectivity index (χ3n) is 3.56. The van der Waals surface area contributed by atoms with Crippen molar-refractivity contribution in [2.24, 2.45) is 0 Å². The van der Waals surface area contributed by atoms with E-state index in [0.29, 0.717) is 12.4 Å². The van der Waals surface area contributed by atoms with Gasteiger partial charge in [-0.15, -0.1) is 5.10 Å². The second kappa shape index (κ2) is 6.52. The molecule has 0 aliphatic carbocycles. The predicted octanol–water partition coefficient (Wildman–Crippen LogP) is 1.09. The van der Waals surface area contributed by atoms with Gasteiger partial charge in [-0.3, -0.25) is 4.68 Å². The Labute approximate surface area is 140 Å². The number of hydrogen-bond acceptors (Lipinski definition) is 6. The van der Waals surface area contributed by atoms with E-state index in [1.165, 1.54) is 4.68 Å². The summed E-state index contributed by atoms with van der Waals surface area (Å²) >= 11 is 0. The number of sulfone groups is 1. The van der Waals surface area contributed by atoms with Gasteiger partial charge in [0, 0.05) is 6.20 Å². The van der Waals surface area contributed by atoms with Crippen LogP contribution in [0.3, 0.4) is 0 Å². The molecular formula is C15H18N6O2S. The monoisotopic (exact) mass is 346 g/mol. The minimum atomic E-state index is -3.36. The van der Waals surface area contributed by atoms with Crippen LogP contribution in [-0.4, -0.2) is 44.2 Å². The highest BCUT2D eigenvalue weighted by molar-refractivity contribution is 7.90. The molecule has 126 valence electrons. The van der Waals surface area contributed by atoms with Gasteiger partial charge in [0.05, 0.1) is 24.2 Å². The second-order valence-corrected chi connectivity index (χ2v) is 7.90. The lowest BCUT2D eigenvalue weighted by Crippen LogP contribution is -2.17. The number of hydrogen-bond donors (Lipinski definition) is 0. The Balaban J connectivity index is 1.73. The van der Waals surface area contributed by atoms with Crippen molar-refractivity contribution in [2.45, 2.75) is 26.1 Å². The first-order valence-corrected chi connectivity index (χ1v) is 9.29. The lowest BCUT2D eigenvalue weighted by molar-refractivity contribution is 0.577. The summed E-state index contributed by atoms with van der Waals surface area (Å²) in [5.74, 6) is 0.0683. The van der Waals surface area contributed by atoms with Gasteiger partial charge in [0.15, 0.2) is 15.7 Å². The van der Waals surface area contributed by atoms with E-state index in [1.54, 1.807) is 10.9 Å². The molecule has 2 heterocycles. The molecule has 0 bridgehead atoms. The molecule has 0 aliphatic rings. The van der Waals surface area contributed by atoms with Gasteiger partial charge in [-0.25, -0.2) is 8.42 Å². The first kappa shape index (κ1) is 16.3. The first-order valence-electron chi connectivity index (χ1n) is 7.47. The number of aryl methyl sites for hydroxylation is 3. The largest absolute Gasteiger partial charge is 0.271 e. The Morgan fingerprint density at radius 2 is 1.83 bits per heavy atom. The fraction of sp³-hybridized carbons (Fsp3) is 0.333. The Kier molecular flexibility index (Phi) is 4.43. The summed E-state index contributed by atoms with van der Waals surface area (Å²) in [5.41, 5.74) is 2.84. The second-order valence-electron chi connectivity index (χ2n) is 5.72. The van der Waals surface area contributed by atoms with E-state index >= 15 is 0 Å². The standard InChI is InChI=1S/C15H18N6O2S/c1-12-3-5-14(6-4-12)21-15(17-18-19-21)11-24(22,23)8-7-20-10-13(2)9-16-20/h3-6,9-10H,7-8,11H2,1-2H3. The summed E-state index contributed by atoms with van der Waals surface area (Å²) in [6, 6.07) is 7.56. The van der Waals surface area contributed by atoms with E-state index in [0.717, 1.165) is 16.8 Å². The molecule has 3 aromatic rings. The molecule has 0 unspecified atom stereocenters. The smallest absolute Gasteiger partial charge is 0.171 e. The third kappa shape index (κ3) is 3.85. The van der Waals surface area contributed by atoms with Crippen LogP contribution >= 0.6 is 0 Å². The van der Waals surface area contributed by atoms with Gasteiger partial charge in [0.1, 0.15) is 5.75 Å². The van der Waals surface area contributed by atoms with Crippen LogP contribution in [0.4, 0.5) is 0 Å². The van der Waals surface area contributed by atoms with Crippen LogP contribution in [0.1, 0.15) is 17.0 Å². The minimum absolute atomic E-state index is 0.0190. The normalized spacial score (nSPS) is 11.8. The van der Waals surface area contributed by atoms with Crippen LogP contribution in [0.5, 0.6) is 0 Å². The van der Waals surface area contributed by atoms with Crippen LogP contribution in [0.25, 0.3) is 5.69 Å². The molecule has 0 fully saturated rings. The minimum Gasteiger partial charge on any atom is -0.271 e. The average molecular weight is 346 g/mol. The summed E-state index contributed by atoms with van der Waals surface area (Å²) in [6.45, 7) is 4.20. The van der Waals surface area contributed by atoms with Crippen LogP contribution < -0.4 is 0 Å². The lowest BCUT2D eigenvalue weighted by atomic mass is 10.2. The molecule has 0 aliphatic heterocycles. The van der Waals surface area contributed by atoms with Crippen LogP contribution in [0.15, 0.2) is 36.7 Å². The van der Waals surface area contributed by atoms with E-state index < -0.39 is 9.84 Å². The van der Waals surface area contributed by atoms with Gasteiger partial charge in [-0.1, -0.05) is 17.7 Å². The predicted molar refractivity (Wildman–Crippen MR) is 88.3 cm³/mol. The highest BCUT2D eigenvalue weighted by atomic mass is 32.2. The number of rotatable bonds is 6. The van der Waals surface area contributed by atoms with Crippen LogP contribution in [-0.2, 0) is 22.1 Å². The van der Waals surface area contributed by atoms with Gasteiger partial charge in [-0.05, 0) is 42.0 Å². The van der Waals surface area contributed by atoms with Crippen LogP contribution in [0.2, 0.25) is 0 Å². The van der Waals surface area contributed by atoms with Gasteiger partial charge < -0.3 is 0 Å². The number of aromatic nitrogens is 6. The molecular weight excluding hydrogens is 328 g/mol. The third-order valence-corrected chi connectivity index (χ3v) is 5.06. The van der Waals surface area contributed by atoms with Crippen molar-refractivity contribution < 1.29 is 8.42 Å². The zero-order valence-electron chi connectivity index (χ0n) is 13.5. The molecule has 0 N–H and O–H groups in total. The fourth-order valence-corrected chi connectivity index (χ4v) is 3.46. The summed E-state index contributed by atoms with van der Waals surface area (Å²) < 4.78 is 27.8. The van der Waals surface area contributed by atoms with E-state index in [-0.39, 0.29) is 11.5 Å². The summed E-state index contributed by atoms with van der Waals surface area (Å²) in [5, 5.41) is 15.5. The van der Waals surface area contributed by atoms with Crippen molar-refractivity contribution in [3.05, 3.63) is 53.6 Å². The summed E-state index contributed by atoms with van der Waals surface area (Å²) in [4.78, 5) is 0. The molecule has 0 saturated heterocycles. The zero-order valence-corrected chi connectivity index (χ0v) is 14.3. The molecule has 24 heavy (non-hydrogen) atoms. The Bertz CT molecular complexity index is 927. The van der Waals surface area contributed by atoms with Gasteiger partial charge in [0.2, 0.25) is 0 Å². The molecule has 8 nitrogen and oxygen atoms in total. The van der Waals surface area contributed by atoms with Gasteiger partial charge in [-0.2, -0.15) is 9.78 Å². The molecule has 0 saturated carbocycles. The van der Waals surface area contributed by atoms with Crippen molar-refractivity contribution in [3.63, 3.8) is 0 Å². The van der Waals surface area contributed by atoms with E-state index in [4.69, 9.17) is 0 Å². The SMILES string of the molecule is Cc1ccc(-n2nnnc2CS(=O)(=O)CCn2cc(C)cn2)cc1. The van der Waals surface area contributed by atoms with Crippen molar-refractivity contribution in [1.82, 2.24) is 30.0 Å². The van der Waals surface area contributed by atoms with E-state index in [1.807, 2.05) is 44.3 Å². The summed E-state index contributed by atoms with van der Waals surface area (Å²) in [7, 11) is -3.36. The number of nitrogens with zero attached hydrogens (tertiary/aromatic N) is 6. The quantitative estimate of drug-likeness (QED) is 0.663. The Morgan fingerprint density at radius 1 is 1.08 bits per heavy atom. The number of tetrazole rings is 1. The Hall–Kier alpha value is -2.55. The van der Waals surface area contributed by atoms with Crippen molar-refractivity contribution in [3.8, 4) is 5.69 Å². The Morgan fingerprint density at radius 3 is 2.50 bits per heavy atom. The van der Waals surface area contributed by atoms with Crippen LogP contribution in [0, 0.1) is 13.8 Å². The van der Waals surface area contributed by atoms with Crippen molar-refractivity contribution in [2.75, 3.05) is 5.75 Å². The molecule has 0 atom stereocenters. The molecule has 2 aromatic heterocycles. The molecule has 3 rings (SSSR count). The molecule has 9 heteroatoms. The lowest BCUT2D eigenvalue weighted by Gasteiger charge is -2.06. The molecule has 0 amide bonds. The number of benzene rings is 1. The summed E-state index contributed by atoms with van der Waals surface area (Å²) in [6.07, 6.45) is 3.51. The molecule has 0 spiro atoms. The van der Waals surface area contributed by atoms with E-state index in [2.05, 4.69) is 20.6 Å². The average Bonchev–Trinajstić information content (AvgIpc) is 3.15. The highest BCUT2D eigenvalue weighted by Crippen LogP contribution is 2.12. The van der Waals surface area contributed by atoms with Crippen molar-refractivity contribution in [1.29, 1.82) is 0 Å². The molecule has 1 aromatic carbocycles. The zero-order chi connectivity index (χ0) is 17.2. The first-order chi connectivity index (χ1) is 11.4. The maximum atomic E-state index is 12.4. The van der Waals surface area contributed by atoms with Crippen molar-refractivity contribution >= 4 is 9.84 Å². The van der Waals surface area contributed by atoms with Gasteiger partial charge in [0.25, 0.3) is 0 Å². The van der Waals surface area contributed by atoms with Gasteiger partial charge >= 0.3 is 0 Å².